The standard InChI is InChI=1S/C20H16Br2N2O4/c1-26-15-6-9-19(17(22)10-15)27-12-20(25)24-23-11-16-7-8-18(28-16)13-2-4-14(21)5-3-13/h2-11H,12H2,1H3,(H,24,25). The lowest BCUT2D eigenvalue weighted by Crippen LogP contribution is -2.24. The molecule has 0 fully saturated rings. The molecule has 3 aromatic rings. The van der Waals surface area contributed by atoms with Crippen LogP contribution in [0.5, 0.6) is 11.5 Å². The molecule has 0 unspecified atom stereocenters. The third kappa shape index (κ3) is 5.46. The first kappa shape index (κ1) is 20.2. The molecule has 1 amide bonds. The third-order valence-electron chi connectivity index (χ3n) is 3.63. The molecule has 0 aliphatic rings. The van der Waals surface area contributed by atoms with Crippen LogP contribution in [-0.4, -0.2) is 25.8 Å². The van der Waals surface area contributed by atoms with Crippen LogP contribution in [0.2, 0.25) is 0 Å². The highest BCUT2D eigenvalue weighted by atomic mass is 79.9. The number of nitrogens with zero attached hydrogens (tertiary/aromatic N) is 1. The van der Waals surface area contributed by atoms with E-state index in [9.17, 15) is 4.79 Å². The Hall–Kier alpha value is -2.58. The first-order valence-electron chi connectivity index (χ1n) is 8.19. The zero-order valence-corrected chi connectivity index (χ0v) is 18.0. The predicted molar refractivity (Wildman–Crippen MR) is 114 cm³/mol. The molecule has 0 spiro atoms. The molecule has 1 N–H and O–H groups in total. The number of furan rings is 1. The number of hydrogen-bond donors (Lipinski definition) is 1. The van der Waals surface area contributed by atoms with Crippen LogP contribution in [0.3, 0.4) is 0 Å². The fourth-order valence-corrected chi connectivity index (χ4v) is 3.00. The highest BCUT2D eigenvalue weighted by Gasteiger charge is 2.07. The van der Waals surface area contributed by atoms with Crippen molar-refractivity contribution in [2.24, 2.45) is 5.10 Å². The van der Waals surface area contributed by atoms with Crippen LogP contribution in [0.4, 0.5) is 0 Å². The molecule has 0 aliphatic heterocycles. The summed E-state index contributed by atoms with van der Waals surface area (Å²) in [5.74, 6) is 2.07. The highest BCUT2D eigenvalue weighted by molar-refractivity contribution is 9.10. The average Bonchev–Trinajstić information content (AvgIpc) is 3.16. The van der Waals surface area contributed by atoms with Crippen molar-refractivity contribution < 1.29 is 18.7 Å². The maximum Gasteiger partial charge on any atom is 0.277 e. The topological polar surface area (TPSA) is 73.1 Å². The van der Waals surface area contributed by atoms with E-state index in [0.29, 0.717) is 27.5 Å². The molecule has 0 aliphatic carbocycles. The van der Waals surface area contributed by atoms with Crippen LogP contribution in [0, 0.1) is 0 Å². The normalized spacial score (nSPS) is 10.8. The Morgan fingerprint density at radius 2 is 1.93 bits per heavy atom. The SMILES string of the molecule is COc1ccc(OCC(=O)NN=Cc2ccc(-c3ccc(Br)cc3)o2)c(Br)c1. The number of amides is 1. The number of rotatable bonds is 7. The summed E-state index contributed by atoms with van der Waals surface area (Å²) >= 11 is 6.76. The number of nitrogens with one attached hydrogen (secondary N) is 1. The zero-order chi connectivity index (χ0) is 19.9. The molecule has 2 aromatic carbocycles. The van der Waals surface area contributed by atoms with Gasteiger partial charge in [0.2, 0.25) is 0 Å². The van der Waals surface area contributed by atoms with Gasteiger partial charge in [0, 0.05) is 10.0 Å². The fourth-order valence-electron chi connectivity index (χ4n) is 2.26. The van der Waals surface area contributed by atoms with Gasteiger partial charge in [-0.2, -0.15) is 5.10 Å². The second kappa shape index (κ2) is 9.57. The Labute approximate surface area is 178 Å². The van der Waals surface area contributed by atoms with Crippen molar-refractivity contribution in [2.75, 3.05) is 13.7 Å². The molecule has 1 aromatic heterocycles. The Bertz CT molecular complexity index is 984. The van der Waals surface area contributed by atoms with Crippen molar-refractivity contribution in [2.45, 2.75) is 0 Å². The Morgan fingerprint density at radius 1 is 1.14 bits per heavy atom. The van der Waals surface area contributed by atoms with Gasteiger partial charge in [-0.1, -0.05) is 28.1 Å². The van der Waals surface area contributed by atoms with Crippen LogP contribution < -0.4 is 14.9 Å². The van der Waals surface area contributed by atoms with Crippen molar-refractivity contribution in [3.8, 4) is 22.8 Å². The first-order valence-corrected chi connectivity index (χ1v) is 9.78. The predicted octanol–water partition coefficient (Wildman–Crippen LogP) is 5.01. The lowest BCUT2D eigenvalue weighted by molar-refractivity contribution is -0.123. The average molecular weight is 508 g/mol. The molecule has 144 valence electrons. The van der Waals surface area contributed by atoms with Crippen LogP contribution in [0.1, 0.15) is 5.76 Å². The lowest BCUT2D eigenvalue weighted by atomic mass is 10.2. The molecular weight excluding hydrogens is 492 g/mol. The van der Waals surface area contributed by atoms with Gasteiger partial charge in [-0.3, -0.25) is 4.79 Å². The maximum atomic E-state index is 11.9. The lowest BCUT2D eigenvalue weighted by Gasteiger charge is -2.08. The Morgan fingerprint density at radius 3 is 2.64 bits per heavy atom. The van der Waals surface area contributed by atoms with Crippen molar-refractivity contribution in [3.63, 3.8) is 0 Å². The largest absolute Gasteiger partial charge is 0.497 e. The van der Waals surface area contributed by atoms with Crippen molar-refractivity contribution in [1.29, 1.82) is 0 Å². The van der Waals surface area contributed by atoms with Gasteiger partial charge in [0.25, 0.3) is 5.91 Å². The number of ether oxygens (including phenoxy) is 2. The van der Waals surface area contributed by atoms with Gasteiger partial charge in [-0.05, 0) is 58.4 Å². The second-order valence-electron chi connectivity index (χ2n) is 5.59. The summed E-state index contributed by atoms with van der Waals surface area (Å²) in [6, 6.07) is 16.6. The number of carbonyl (C=O) groups is 1. The van der Waals surface area contributed by atoms with E-state index in [1.165, 1.54) is 6.21 Å². The van der Waals surface area contributed by atoms with E-state index in [-0.39, 0.29) is 6.61 Å². The van der Waals surface area contributed by atoms with Crippen molar-refractivity contribution in [3.05, 3.63) is 69.3 Å². The summed E-state index contributed by atoms with van der Waals surface area (Å²) in [6.45, 7) is -0.176. The number of carbonyl (C=O) groups excluding carboxylic acids is 1. The number of benzene rings is 2. The van der Waals surface area contributed by atoms with Crippen molar-refractivity contribution in [1.82, 2.24) is 5.43 Å². The van der Waals surface area contributed by atoms with Gasteiger partial charge >= 0.3 is 0 Å². The van der Waals surface area contributed by atoms with Gasteiger partial charge in [0.15, 0.2) is 6.61 Å². The second-order valence-corrected chi connectivity index (χ2v) is 7.36. The summed E-state index contributed by atoms with van der Waals surface area (Å²) in [6.07, 6.45) is 1.43. The molecule has 0 saturated carbocycles. The molecule has 0 bridgehead atoms. The van der Waals surface area contributed by atoms with E-state index in [4.69, 9.17) is 13.9 Å². The van der Waals surface area contributed by atoms with Gasteiger partial charge in [-0.15, -0.1) is 0 Å². The molecular formula is C20H16Br2N2O4. The quantitative estimate of drug-likeness (QED) is 0.360. The summed E-state index contributed by atoms with van der Waals surface area (Å²) in [5.41, 5.74) is 3.35. The molecule has 0 atom stereocenters. The van der Waals surface area contributed by atoms with Crippen LogP contribution in [0.15, 0.2) is 73.1 Å². The molecule has 28 heavy (non-hydrogen) atoms. The van der Waals surface area contributed by atoms with Crippen molar-refractivity contribution >= 4 is 44.0 Å². The maximum absolute atomic E-state index is 11.9. The number of methoxy groups -OCH3 is 1. The summed E-state index contributed by atoms with van der Waals surface area (Å²) in [5, 5.41) is 3.89. The molecule has 8 heteroatoms. The van der Waals surface area contributed by atoms with Gasteiger partial charge in [0.05, 0.1) is 17.8 Å². The molecule has 1 heterocycles. The van der Waals surface area contributed by atoms with E-state index in [2.05, 4.69) is 42.4 Å². The van der Waals surface area contributed by atoms with E-state index in [1.807, 2.05) is 30.3 Å². The van der Waals surface area contributed by atoms with E-state index in [1.54, 1.807) is 31.4 Å². The monoisotopic (exact) mass is 506 g/mol. The van der Waals surface area contributed by atoms with Crippen LogP contribution in [-0.2, 0) is 4.79 Å². The summed E-state index contributed by atoms with van der Waals surface area (Å²) < 4.78 is 18.0. The van der Waals surface area contributed by atoms with Crippen LogP contribution >= 0.6 is 31.9 Å². The minimum absolute atomic E-state index is 0.176. The number of hydrogen-bond acceptors (Lipinski definition) is 5. The molecule has 0 saturated heterocycles. The third-order valence-corrected chi connectivity index (χ3v) is 4.78. The fraction of sp³-hybridized carbons (Fsp3) is 0.100. The Kier molecular flexibility index (Phi) is 6.89. The van der Waals surface area contributed by atoms with E-state index < -0.39 is 5.91 Å². The van der Waals surface area contributed by atoms with E-state index in [0.717, 1.165) is 10.0 Å². The first-order chi connectivity index (χ1) is 13.5. The molecule has 0 radical (unpaired) electrons. The van der Waals surface area contributed by atoms with Gasteiger partial charge in [-0.25, -0.2) is 5.43 Å². The Balaban J connectivity index is 1.50. The minimum atomic E-state index is -0.390. The van der Waals surface area contributed by atoms with Crippen LogP contribution in [0.25, 0.3) is 11.3 Å². The zero-order valence-electron chi connectivity index (χ0n) is 14.8. The molecule has 6 nitrogen and oxygen atoms in total. The minimum Gasteiger partial charge on any atom is -0.497 e. The van der Waals surface area contributed by atoms with E-state index >= 15 is 0 Å². The van der Waals surface area contributed by atoms with Gasteiger partial charge in [0.1, 0.15) is 23.0 Å². The smallest absolute Gasteiger partial charge is 0.277 e. The highest BCUT2D eigenvalue weighted by Crippen LogP contribution is 2.29. The summed E-state index contributed by atoms with van der Waals surface area (Å²) in [7, 11) is 1.58. The van der Waals surface area contributed by atoms with Gasteiger partial charge < -0.3 is 13.9 Å². The number of halogens is 2. The number of hydrazone groups is 1. The summed E-state index contributed by atoms with van der Waals surface area (Å²) in [4.78, 5) is 11.9. The molecule has 3 rings (SSSR count).